The van der Waals surface area contributed by atoms with E-state index in [1.807, 2.05) is 6.20 Å². The lowest BCUT2D eigenvalue weighted by molar-refractivity contribution is 0.554. The van der Waals surface area contributed by atoms with Gasteiger partial charge < -0.3 is 4.42 Å². The van der Waals surface area contributed by atoms with Gasteiger partial charge in [-0.1, -0.05) is 91.3 Å². The molecule has 0 atom stereocenters. The van der Waals surface area contributed by atoms with Crippen molar-refractivity contribution in [3.8, 4) is 11.3 Å². The molecule has 0 amide bonds. The quantitative estimate of drug-likeness (QED) is 0.291. The van der Waals surface area contributed by atoms with E-state index in [1.54, 1.807) is 0 Å². The smallest absolute Gasteiger partial charge is 0.142 e. The molecule has 2 heterocycles. The Labute approximate surface area is 185 Å². The number of rotatable bonds is 0. The molecule has 1 aliphatic rings. The molecule has 1 aliphatic carbocycles. The average Bonchev–Trinajstić information content (AvgIpc) is 3.01. The highest BCUT2D eigenvalue weighted by Gasteiger charge is 2.37. The summed E-state index contributed by atoms with van der Waals surface area (Å²) in [6.07, 6.45) is 2.04. The minimum atomic E-state index is -0.157. The van der Waals surface area contributed by atoms with E-state index >= 15 is 0 Å². The van der Waals surface area contributed by atoms with Crippen molar-refractivity contribution in [3.05, 3.63) is 64.3 Å². The average molecular weight is 412 g/mol. The first-order valence-corrected chi connectivity index (χ1v) is 11.3. The van der Waals surface area contributed by atoms with E-state index in [1.165, 1.54) is 44.2 Å². The van der Waals surface area contributed by atoms with E-state index in [0.29, 0.717) is 0 Å². The Morgan fingerprint density at radius 1 is 0.774 bits per heavy atom. The normalized spacial score (nSPS) is 15.5. The molecule has 0 unspecified atom stereocenters. The first kappa shape index (κ1) is 20.3. The SMILES string of the molecule is Cc1ccc2c(c1)C(C)(C)c1ccc(C(C)(C)C)c3oc4c(C(C)(C)C)cnc-2c4c13. The van der Waals surface area contributed by atoms with Crippen molar-refractivity contribution in [1.82, 2.24) is 4.98 Å². The van der Waals surface area contributed by atoms with Gasteiger partial charge in [-0.2, -0.15) is 0 Å². The van der Waals surface area contributed by atoms with Gasteiger partial charge in [-0.3, -0.25) is 4.98 Å². The number of pyridine rings is 1. The highest BCUT2D eigenvalue weighted by Crippen LogP contribution is 2.52. The molecule has 160 valence electrons. The van der Waals surface area contributed by atoms with Crippen molar-refractivity contribution in [2.45, 2.75) is 78.6 Å². The summed E-state index contributed by atoms with van der Waals surface area (Å²) in [5.74, 6) is 0. The Kier molecular flexibility index (Phi) is 3.93. The van der Waals surface area contributed by atoms with Gasteiger partial charge in [0.15, 0.2) is 0 Å². The summed E-state index contributed by atoms with van der Waals surface area (Å²) in [6.45, 7) is 20.4. The molecule has 2 heteroatoms. The van der Waals surface area contributed by atoms with Crippen LogP contribution in [0.2, 0.25) is 0 Å². The molecule has 0 N–H and O–H groups in total. The number of hydrogen-bond donors (Lipinski definition) is 0. The minimum absolute atomic E-state index is 0.0121. The van der Waals surface area contributed by atoms with E-state index in [4.69, 9.17) is 9.40 Å². The number of fused-ring (bicyclic) bond motifs is 2. The van der Waals surface area contributed by atoms with Crippen LogP contribution in [0.1, 0.15) is 83.2 Å². The van der Waals surface area contributed by atoms with Crippen LogP contribution in [-0.4, -0.2) is 4.98 Å². The van der Waals surface area contributed by atoms with Gasteiger partial charge in [-0.05, 0) is 28.9 Å². The van der Waals surface area contributed by atoms with Crippen LogP contribution in [0.3, 0.4) is 0 Å². The Morgan fingerprint density at radius 3 is 2.06 bits per heavy atom. The van der Waals surface area contributed by atoms with Crippen LogP contribution < -0.4 is 0 Å². The molecule has 0 aliphatic heterocycles. The maximum Gasteiger partial charge on any atom is 0.142 e. The molecule has 2 nitrogen and oxygen atoms in total. The van der Waals surface area contributed by atoms with Gasteiger partial charge in [0.25, 0.3) is 0 Å². The minimum Gasteiger partial charge on any atom is -0.455 e. The lowest BCUT2D eigenvalue weighted by Crippen LogP contribution is -2.21. The van der Waals surface area contributed by atoms with Gasteiger partial charge in [0.2, 0.25) is 0 Å². The molecule has 0 spiro atoms. The number of hydrogen-bond acceptors (Lipinski definition) is 2. The van der Waals surface area contributed by atoms with Crippen LogP contribution in [0, 0.1) is 6.92 Å². The predicted molar refractivity (Wildman–Crippen MR) is 131 cm³/mol. The van der Waals surface area contributed by atoms with Gasteiger partial charge in [0, 0.05) is 33.7 Å². The van der Waals surface area contributed by atoms with E-state index in [-0.39, 0.29) is 16.2 Å². The molecule has 4 aromatic rings. The maximum atomic E-state index is 6.82. The maximum absolute atomic E-state index is 6.82. The second kappa shape index (κ2) is 6.00. The zero-order valence-electron chi connectivity index (χ0n) is 20.3. The highest BCUT2D eigenvalue weighted by molar-refractivity contribution is 6.16. The molecular formula is C29H33NO. The molecule has 0 fully saturated rings. The van der Waals surface area contributed by atoms with E-state index in [2.05, 4.69) is 92.6 Å². The zero-order valence-corrected chi connectivity index (χ0v) is 20.3. The first-order chi connectivity index (χ1) is 14.3. The standard InChI is InChI=1S/C29H33NO/c1-16-10-11-17-20(14-16)29(8,9)18-12-13-19(27(2,3)4)25-22(18)23-24(17)30-15-21(26(23)31-25)28(5,6)7/h10-15H,1-9H3. The molecule has 2 aromatic heterocycles. The van der Waals surface area contributed by atoms with Crippen molar-refractivity contribution in [3.63, 3.8) is 0 Å². The monoisotopic (exact) mass is 411 g/mol. The van der Waals surface area contributed by atoms with Crippen molar-refractivity contribution in [1.29, 1.82) is 0 Å². The number of furan rings is 1. The highest BCUT2D eigenvalue weighted by atomic mass is 16.3. The molecule has 0 bridgehead atoms. The molecule has 0 saturated heterocycles. The lowest BCUT2D eigenvalue weighted by atomic mass is 9.74. The van der Waals surface area contributed by atoms with Crippen LogP contribution in [0.15, 0.2) is 40.9 Å². The van der Waals surface area contributed by atoms with Crippen LogP contribution in [0.5, 0.6) is 0 Å². The fourth-order valence-electron chi connectivity index (χ4n) is 5.25. The van der Waals surface area contributed by atoms with Crippen molar-refractivity contribution in [2.24, 2.45) is 0 Å². The van der Waals surface area contributed by atoms with Crippen LogP contribution in [0.4, 0.5) is 0 Å². The second-order valence-corrected chi connectivity index (χ2v) is 11.9. The summed E-state index contributed by atoms with van der Waals surface area (Å²) in [5.41, 5.74) is 10.4. The molecule has 5 rings (SSSR count). The third kappa shape index (κ3) is 2.73. The molecule has 31 heavy (non-hydrogen) atoms. The fraction of sp³-hybridized carbons (Fsp3) is 0.414. The Morgan fingerprint density at radius 2 is 1.42 bits per heavy atom. The van der Waals surface area contributed by atoms with E-state index in [0.717, 1.165) is 16.9 Å². The van der Waals surface area contributed by atoms with Gasteiger partial charge >= 0.3 is 0 Å². The van der Waals surface area contributed by atoms with Crippen molar-refractivity contribution in [2.75, 3.05) is 0 Å². The Balaban J connectivity index is 2.10. The number of aromatic nitrogens is 1. The summed E-state index contributed by atoms with van der Waals surface area (Å²) < 4.78 is 6.82. The third-order valence-electron chi connectivity index (χ3n) is 7.04. The largest absolute Gasteiger partial charge is 0.455 e. The van der Waals surface area contributed by atoms with Gasteiger partial charge in [-0.25, -0.2) is 0 Å². The Hall–Kier alpha value is -2.61. The topological polar surface area (TPSA) is 26.0 Å². The summed E-state index contributed by atoms with van der Waals surface area (Å²) in [6, 6.07) is 11.4. The molecule has 0 saturated carbocycles. The van der Waals surface area contributed by atoms with Crippen molar-refractivity contribution >= 4 is 21.9 Å². The predicted octanol–water partition coefficient (Wildman–Crippen LogP) is 8.19. The first-order valence-electron chi connectivity index (χ1n) is 11.3. The molecule has 0 radical (unpaired) electrons. The number of nitrogens with zero attached hydrogens (tertiary/aromatic N) is 1. The number of benzene rings is 2. The third-order valence-corrected chi connectivity index (χ3v) is 7.04. The zero-order chi connectivity index (χ0) is 22.5. The van der Waals surface area contributed by atoms with Crippen LogP contribution in [0.25, 0.3) is 33.2 Å². The van der Waals surface area contributed by atoms with E-state index in [9.17, 15) is 0 Å². The summed E-state index contributed by atoms with van der Waals surface area (Å²) in [5, 5.41) is 2.43. The van der Waals surface area contributed by atoms with Gasteiger partial charge in [0.1, 0.15) is 11.2 Å². The second-order valence-electron chi connectivity index (χ2n) is 11.9. The molecule has 2 aromatic carbocycles. The summed E-state index contributed by atoms with van der Waals surface area (Å²) >= 11 is 0. The lowest BCUT2D eigenvalue weighted by Gasteiger charge is -2.29. The van der Waals surface area contributed by atoms with E-state index < -0.39 is 0 Å². The van der Waals surface area contributed by atoms with Gasteiger partial charge in [-0.15, -0.1) is 0 Å². The van der Waals surface area contributed by atoms with Crippen molar-refractivity contribution < 1.29 is 4.42 Å². The van der Waals surface area contributed by atoms with Crippen LogP contribution >= 0.6 is 0 Å². The van der Waals surface area contributed by atoms with Crippen LogP contribution in [-0.2, 0) is 16.2 Å². The Bertz CT molecular complexity index is 1370. The van der Waals surface area contributed by atoms with Gasteiger partial charge in [0.05, 0.1) is 11.1 Å². The summed E-state index contributed by atoms with van der Waals surface area (Å²) in [4.78, 5) is 5.09. The fourth-order valence-corrected chi connectivity index (χ4v) is 5.25. The number of aryl methyl sites for hydroxylation is 1. The summed E-state index contributed by atoms with van der Waals surface area (Å²) in [7, 11) is 0. The molecular weight excluding hydrogens is 378 g/mol.